The molecule has 2 N–H and O–H groups in total. The van der Waals surface area contributed by atoms with E-state index in [2.05, 4.69) is 15.3 Å². The summed E-state index contributed by atoms with van der Waals surface area (Å²) in [6.07, 6.45) is 2.58. The maximum atomic E-state index is 9.65. The summed E-state index contributed by atoms with van der Waals surface area (Å²) in [5, 5.41) is 12.7. The third-order valence-corrected chi connectivity index (χ3v) is 2.51. The van der Waals surface area contributed by atoms with Gasteiger partial charge in [-0.25, -0.2) is 4.98 Å². The highest BCUT2D eigenvalue weighted by Crippen LogP contribution is 2.17. The van der Waals surface area contributed by atoms with Crippen LogP contribution in [0.5, 0.6) is 11.6 Å². The van der Waals surface area contributed by atoms with Crippen LogP contribution in [-0.4, -0.2) is 21.7 Å². The van der Waals surface area contributed by atoms with Gasteiger partial charge in [0.1, 0.15) is 5.75 Å². The summed E-state index contributed by atoms with van der Waals surface area (Å²) in [5.74, 6) is 1.29. The lowest BCUT2D eigenvalue weighted by Gasteiger charge is -2.08. The van der Waals surface area contributed by atoms with Crippen molar-refractivity contribution in [1.82, 2.24) is 9.97 Å². The van der Waals surface area contributed by atoms with Crippen molar-refractivity contribution in [3.05, 3.63) is 42.1 Å². The fraction of sp³-hybridized carbons (Fsp3) is 0.286. The second-order valence-electron chi connectivity index (χ2n) is 4.05. The number of rotatable bonds is 6. The van der Waals surface area contributed by atoms with Gasteiger partial charge in [0.2, 0.25) is 11.8 Å². The van der Waals surface area contributed by atoms with Crippen molar-refractivity contribution in [3.63, 3.8) is 0 Å². The summed E-state index contributed by atoms with van der Waals surface area (Å²) in [6, 6.07) is 8.88. The quantitative estimate of drug-likeness (QED) is 0.834. The Morgan fingerprint density at radius 1 is 1.26 bits per heavy atom. The number of nitrogens with zero attached hydrogens (tertiary/aromatic N) is 2. The smallest absolute Gasteiger partial charge is 0.226 e. The molecule has 5 heteroatoms. The summed E-state index contributed by atoms with van der Waals surface area (Å²) >= 11 is 0. The van der Waals surface area contributed by atoms with Gasteiger partial charge in [0, 0.05) is 24.4 Å². The van der Waals surface area contributed by atoms with Crippen LogP contribution in [-0.2, 0) is 6.54 Å². The third-order valence-electron chi connectivity index (χ3n) is 2.51. The van der Waals surface area contributed by atoms with E-state index in [1.54, 1.807) is 24.4 Å². The van der Waals surface area contributed by atoms with Crippen molar-refractivity contribution in [2.24, 2.45) is 0 Å². The molecule has 1 aromatic carbocycles. The van der Waals surface area contributed by atoms with E-state index >= 15 is 0 Å². The molecule has 0 atom stereocenters. The molecule has 2 aromatic rings. The van der Waals surface area contributed by atoms with Gasteiger partial charge in [-0.3, -0.25) is 0 Å². The van der Waals surface area contributed by atoms with E-state index in [1.165, 1.54) is 0 Å². The molecular weight excluding hydrogens is 242 g/mol. The van der Waals surface area contributed by atoms with Crippen LogP contribution >= 0.6 is 0 Å². The van der Waals surface area contributed by atoms with E-state index in [1.807, 2.05) is 19.1 Å². The number of aromatic hydroxyl groups is 1. The fourth-order valence-electron chi connectivity index (χ4n) is 1.55. The minimum atomic E-state index is 0.258. The summed E-state index contributed by atoms with van der Waals surface area (Å²) in [5.41, 5.74) is 0.797. The first-order valence-electron chi connectivity index (χ1n) is 6.26. The predicted octanol–water partition coefficient (Wildman–Crippen LogP) is 2.58. The number of nitrogens with one attached hydrogen (secondary N) is 1. The Kier molecular flexibility index (Phi) is 4.55. The monoisotopic (exact) mass is 259 g/mol. The van der Waals surface area contributed by atoms with Gasteiger partial charge in [-0.05, 0) is 12.5 Å². The van der Waals surface area contributed by atoms with E-state index in [9.17, 15) is 5.11 Å². The number of ether oxygens (including phenoxy) is 1. The van der Waals surface area contributed by atoms with Crippen LogP contribution in [0, 0.1) is 0 Å². The van der Waals surface area contributed by atoms with Gasteiger partial charge in [0.05, 0.1) is 6.61 Å². The number of hydrogen-bond acceptors (Lipinski definition) is 5. The topological polar surface area (TPSA) is 67.3 Å². The molecule has 0 bridgehead atoms. The molecule has 0 radical (unpaired) electrons. The molecule has 0 amide bonds. The highest BCUT2D eigenvalue weighted by atomic mass is 16.5. The van der Waals surface area contributed by atoms with Gasteiger partial charge in [-0.2, -0.15) is 4.98 Å². The van der Waals surface area contributed by atoms with E-state index in [-0.39, 0.29) is 5.75 Å². The van der Waals surface area contributed by atoms with Crippen LogP contribution in [0.1, 0.15) is 18.9 Å². The zero-order chi connectivity index (χ0) is 13.5. The average Bonchev–Trinajstić information content (AvgIpc) is 2.45. The summed E-state index contributed by atoms with van der Waals surface area (Å²) in [6.45, 7) is 3.14. The molecule has 2 rings (SSSR count). The zero-order valence-corrected chi connectivity index (χ0v) is 10.8. The van der Waals surface area contributed by atoms with Gasteiger partial charge in [-0.1, -0.05) is 25.1 Å². The molecule has 0 aliphatic heterocycles. The zero-order valence-electron chi connectivity index (χ0n) is 10.8. The first kappa shape index (κ1) is 13.1. The van der Waals surface area contributed by atoms with E-state index in [4.69, 9.17) is 4.74 Å². The first-order chi connectivity index (χ1) is 9.29. The molecule has 0 aliphatic carbocycles. The highest BCUT2D eigenvalue weighted by molar-refractivity contribution is 5.36. The van der Waals surface area contributed by atoms with Gasteiger partial charge < -0.3 is 15.2 Å². The van der Waals surface area contributed by atoms with Crippen molar-refractivity contribution in [3.8, 4) is 11.6 Å². The Bertz CT molecular complexity index is 532. The molecule has 0 unspecified atom stereocenters. The Balaban J connectivity index is 1.98. The second kappa shape index (κ2) is 6.58. The molecule has 1 aromatic heterocycles. The van der Waals surface area contributed by atoms with Crippen molar-refractivity contribution >= 4 is 5.95 Å². The highest BCUT2D eigenvalue weighted by Gasteiger charge is 2.02. The maximum Gasteiger partial charge on any atom is 0.226 e. The number of hydrogen-bond donors (Lipinski definition) is 2. The fourth-order valence-corrected chi connectivity index (χ4v) is 1.55. The van der Waals surface area contributed by atoms with E-state index in [0.717, 1.165) is 12.0 Å². The lowest BCUT2D eigenvalue weighted by Crippen LogP contribution is -2.05. The molecule has 5 nitrogen and oxygen atoms in total. The van der Waals surface area contributed by atoms with Crippen molar-refractivity contribution in [2.45, 2.75) is 19.9 Å². The molecular formula is C14H17N3O2. The van der Waals surface area contributed by atoms with Crippen molar-refractivity contribution in [1.29, 1.82) is 0 Å². The summed E-state index contributed by atoms with van der Waals surface area (Å²) < 4.78 is 5.43. The first-order valence-corrected chi connectivity index (χ1v) is 6.26. The normalized spacial score (nSPS) is 10.2. The van der Waals surface area contributed by atoms with Gasteiger partial charge in [0.25, 0.3) is 0 Å². The Morgan fingerprint density at radius 2 is 2.11 bits per heavy atom. The standard InChI is InChI=1S/C14H17N3O2/c1-2-9-19-13-7-8-15-14(17-13)16-10-11-5-3-4-6-12(11)18/h3-8,18H,2,9-10H2,1H3,(H,15,16,17). The minimum Gasteiger partial charge on any atom is -0.508 e. The Hall–Kier alpha value is -2.30. The molecule has 0 saturated heterocycles. The van der Waals surface area contributed by atoms with Crippen LogP contribution in [0.3, 0.4) is 0 Å². The Morgan fingerprint density at radius 3 is 2.89 bits per heavy atom. The Labute approximate surface area is 112 Å². The number of anilines is 1. The molecule has 0 fully saturated rings. The maximum absolute atomic E-state index is 9.65. The van der Waals surface area contributed by atoms with Crippen LogP contribution in [0.15, 0.2) is 36.5 Å². The molecule has 0 aliphatic rings. The van der Waals surface area contributed by atoms with E-state index in [0.29, 0.717) is 25.0 Å². The molecule has 100 valence electrons. The predicted molar refractivity (Wildman–Crippen MR) is 73.3 cm³/mol. The third kappa shape index (κ3) is 3.84. The van der Waals surface area contributed by atoms with Gasteiger partial charge in [-0.15, -0.1) is 0 Å². The number of aromatic nitrogens is 2. The lowest BCUT2D eigenvalue weighted by molar-refractivity contribution is 0.305. The minimum absolute atomic E-state index is 0.258. The van der Waals surface area contributed by atoms with E-state index < -0.39 is 0 Å². The molecule has 1 heterocycles. The van der Waals surface area contributed by atoms with Crippen LogP contribution in [0.4, 0.5) is 5.95 Å². The summed E-state index contributed by atoms with van der Waals surface area (Å²) in [7, 11) is 0. The van der Waals surface area contributed by atoms with Crippen LogP contribution < -0.4 is 10.1 Å². The number of para-hydroxylation sites is 1. The molecule has 0 saturated carbocycles. The second-order valence-corrected chi connectivity index (χ2v) is 4.05. The number of phenols is 1. The average molecular weight is 259 g/mol. The van der Waals surface area contributed by atoms with Crippen LogP contribution in [0.2, 0.25) is 0 Å². The number of benzene rings is 1. The van der Waals surface area contributed by atoms with Crippen LogP contribution in [0.25, 0.3) is 0 Å². The summed E-state index contributed by atoms with van der Waals surface area (Å²) in [4.78, 5) is 8.34. The number of phenolic OH excluding ortho intramolecular Hbond substituents is 1. The largest absolute Gasteiger partial charge is 0.508 e. The molecule has 19 heavy (non-hydrogen) atoms. The van der Waals surface area contributed by atoms with Crippen molar-refractivity contribution < 1.29 is 9.84 Å². The van der Waals surface area contributed by atoms with Gasteiger partial charge in [0.15, 0.2) is 0 Å². The van der Waals surface area contributed by atoms with Crippen molar-refractivity contribution in [2.75, 3.05) is 11.9 Å². The SMILES string of the molecule is CCCOc1ccnc(NCc2ccccc2O)n1. The molecule has 0 spiro atoms. The van der Waals surface area contributed by atoms with Gasteiger partial charge >= 0.3 is 0 Å². The lowest BCUT2D eigenvalue weighted by atomic mass is 10.2.